The lowest BCUT2D eigenvalue weighted by Gasteiger charge is -2.42. The predicted molar refractivity (Wildman–Crippen MR) is 112 cm³/mol. The third kappa shape index (κ3) is 5.61. The van der Waals surface area contributed by atoms with Crippen LogP contribution in [0.4, 0.5) is 0 Å². The molecular formula is C21H26O6P2. The second kappa shape index (κ2) is 9.91. The summed E-state index contributed by atoms with van der Waals surface area (Å²) < 4.78 is 35.4. The van der Waals surface area contributed by atoms with Gasteiger partial charge in [-0.15, -0.1) is 0 Å². The molecule has 2 aromatic rings. The second-order valence-corrected chi connectivity index (χ2v) is 9.71. The van der Waals surface area contributed by atoms with Gasteiger partial charge >= 0.3 is 17.2 Å². The van der Waals surface area contributed by atoms with Gasteiger partial charge in [0.2, 0.25) is 0 Å². The first-order valence-corrected chi connectivity index (χ1v) is 11.9. The fraction of sp³-hybridized carbons (Fsp3) is 0.429. The molecule has 1 spiro atoms. The van der Waals surface area contributed by atoms with Crippen LogP contribution < -0.4 is 0 Å². The summed E-state index contributed by atoms with van der Waals surface area (Å²) in [6.45, 7) is 5.94. The van der Waals surface area contributed by atoms with Gasteiger partial charge in [0.05, 0.1) is 44.1 Å². The Labute approximate surface area is 174 Å². The topological polar surface area (TPSA) is 55.4 Å². The monoisotopic (exact) mass is 436 g/mol. The van der Waals surface area contributed by atoms with Crippen molar-refractivity contribution < 1.29 is 27.1 Å². The van der Waals surface area contributed by atoms with Crippen molar-refractivity contribution in [3.8, 4) is 0 Å². The van der Waals surface area contributed by atoms with Gasteiger partial charge in [-0.2, -0.15) is 0 Å². The van der Waals surface area contributed by atoms with Crippen molar-refractivity contribution >= 4 is 17.2 Å². The minimum absolute atomic E-state index is 0.0871. The molecule has 0 amide bonds. The molecule has 2 heterocycles. The zero-order valence-corrected chi connectivity index (χ0v) is 18.4. The zero-order chi connectivity index (χ0) is 20.1. The van der Waals surface area contributed by atoms with E-state index in [0.29, 0.717) is 26.4 Å². The smallest absolute Gasteiger partial charge is 0.311 e. The van der Waals surface area contributed by atoms with Crippen molar-refractivity contribution in [1.82, 2.24) is 0 Å². The summed E-state index contributed by atoms with van der Waals surface area (Å²) in [6, 6.07) is 20.1. The Kier molecular flexibility index (Phi) is 7.28. The van der Waals surface area contributed by atoms with E-state index in [9.17, 15) is 0 Å². The summed E-state index contributed by atoms with van der Waals surface area (Å²) in [4.78, 5) is 0. The molecule has 0 N–H and O–H groups in total. The van der Waals surface area contributed by atoms with Gasteiger partial charge in [-0.05, 0) is 25.0 Å². The van der Waals surface area contributed by atoms with Gasteiger partial charge in [-0.3, -0.25) is 0 Å². The minimum Gasteiger partial charge on any atom is -0.311 e. The predicted octanol–water partition coefficient (Wildman–Crippen LogP) is 6.08. The summed E-state index contributed by atoms with van der Waals surface area (Å²) in [5.41, 5.74) is 1.89. The number of hydrogen-bond acceptors (Lipinski definition) is 6. The molecule has 0 aliphatic carbocycles. The van der Waals surface area contributed by atoms with E-state index in [1.54, 1.807) is 0 Å². The van der Waals surface area contributed by atoms with Crippen LogP contribution in [0.2, 0.25) is 0 Å². The molecule has 29 heavy (non-hydrogen) atoms. The molecular weight excluding hydrogens is 410 g/mol. The molecule has 0 saturated carbocycles. The molecule has 2 aliphatic heterocycles. The maximum Gasteiger partial charge on any atom is 0.333 e. The van der Waals surface area contributed by atoms with Gasteiger partial charge in [0.1, 0.15) is 0 Å². The summed E-state index contributed by atoms with van der Waals surface area (Å²) >= 11 is 0. The molecule has 2 aliphatic rings. The van der Waals surface area contributed by atoms with Crippen molar-refractivity contribution in [2.24, 2.45) is 5.41 Å². The van der Waals surface area contributed by atoms with E-state index in [0.717, 1.165) is 11.1 Å². The number of rotatable bonds is 6. The summed E-state index contributed by atoms with van der Waals surface area (Å²) in [5.74, 6) is 0. The Morgan fingerprint density at radius 3 is 1.34 bits per heavy atom. The van der Waals surface area contributed by atoms with Crippen LogP contribution in [0.25, 0.3) is 0 Å². The molecule has 4 rings (SSSR count). The standard InChI is InChI=1S/C21H26O6P2/c1-17(19-9-5-3-6-10-19)26-28-22-13-21(14-23-28)15-24-29(25-16-21)27-18(2)20-11-7-4-8-12-20/h3-12,17-18H,13-16H2,1-2H3. The van der Waals surface area contributed by atoms with E-state index in [4.69, 9.17) is 27.1 Å². The average Bonchev–Trinajstić information content (AvgIpc) is 2.78. The van der Waals surface area contributed by atoms with Gasteiger partial charge in [0.15, 0.2) is 0 Å². The highest BCUT2D eigenvalue weighted by Crippen LogP contribution is 2.55. The lowest BCUT2D eigenvalue weighted by Crippen LogP contribution is -2.44. The zero-order valence-electron chi connectivity index (χ0n) is 16.6. The molecule has 6 nitrogen and oxygen atoms in total. The SMILES string of the molecule is CC(OP1OCC2(CO1)COP(OC(C)c1ccccc1)OC2)c1ccccc1. The second-order valence-electron chi connectivity index (χ2n) is 7.36. The van der Waals surface area contributed by atoms with E-state index in [1.165, 1.54) is 0 Å². The lowest BCUT2D eigenvalue weighted by molar-refractivity contribution is -0.0810. The van der Waals surface area contributed by atoms with Crippen molar-refractivity contribution in [2.75, 3.05) is 26.4 Å². The van der Waals surface area contributed by atoms with Gasteiger partial charge in [-0.1, -0.05) is 60.7 Å². The van der Waals surface area contributed by atoms with Gasteiger partial charge in [0.25, 0.3) is 0 Å². The van der Waals surface area contributed by atoms with Crippen LogP contribution in [-0.4, -0.2) is 26.4 Å². The normalized spacial score (nSPS) is 29.4. The lowest BCUT2D eigenvalue weighted by atomic mass is 9.93. The van der Waals surface area contributed by atoms with Crippen LogP contribution >= 0.6 is 17.2 Å². The Balaban J connectivity index is 1.22. The average molecular weight is 436 g/mol. The van der Waals surface area contributed by atoms with Crippen molar-refractivity contribution in [3.63, 3.8) is 0 Å². The van der Waals surface area contributed by atoms with Crippen LogP contribution in [0.15, 0.2) is 60.7 Å². The molecule has 156 valence electrons. The molecule has 2 aromatic carbocycles. The molecule has 0 aromatic heterocycles. The number of benzene rings is 2. The summed E-state index contributed by atoms with van der Waals surface area (Å²) in [6.07, 6.45) is -0.174. The molecule has 2 fully saturated rings. The van der Waals surface area contributed by atoms with E-state index in [1.807, 2.05) is 74.5 Å². The first-order chi connectivity index (χ1) is 14.1. The van der Waals surface area contributed by atoms with E-state index in [-0.39, 0.29) is 17.6 Å². The fourth-order valence-electron chi connectivity index (χ4n) is 3.03. The maximum atomic E-state index is 5.95. The summed E-state index contributed by atoms with van der Waals surface area (Å²) in [5, 5.41) is 0. The maximum absolute atomic E-state index is 5.95. The van der Waals surface area contributed by atoms with E-state index in [2.05, 4.69) is 0 Å². The molecule has 2 saturated heterocycles. The van der Waals surface area contributed by atoms with E-state index < -0.39 is 17.2 Å². The Bertz CT molecular complexity index is 677. The van der Waals surface area contributed by atoms with Crippen molar-refractivity contribution in [2.45, 2.75) is 26.1 Å². The van der Waals surface area contributed by atoms with Crippen molar-refractivity contribution in [3.05, 3.63) is 71.8 Å². The summed E-state index contributed by atoms with van der Waals surface area (Å²) in [7, 11) is -2.76. The highest BCUT2D eigenvalue weighted by molar-refractivity contribution is 7.42. The molecule has 2 unspecified atom stereocenters. The Morgan fingerprint density at radius 2 is 1.00 bits per heavy atom. The quantitative estimate of drug-likeness (QED) is 0.512. The highest BCUT2D eigenvalue weighted by atomic mass is 31.2. The van der Waals surface area contributed by atoms with Crippen LogP contribution in [0.1, 0.15) is 37.2 Å². The fourth-order valence-corrected chi connectivity index (χ4v) is 5.70. The largest absolute Gasteiger partial charge is 0.333 e. The third-order valence-electron chi connectivity index (χ3n) is 4.93. The minimum atomic E-state index is -1.38. The third-order valence-corrected chi connectivity index (χ3v) is 7.27. The first-order valence-electron chi connectivity index (χ1n) is 9.69. The molecule has 8 heteroatoms. The van der Waals surface area contributed by atoms with Crippen LogP contribution in [-0.2, 0) is 27.1 Å². The van der Waals surface area contributed by atoms with Crippen molar-refractivity contribution in [1.29, 1.82) is 0 Å². The van der Waals surface area contributed by atoms with Crippen LogP contribution in [0.3, 0.4) is 0 Å². The van der Waals surface area contributed by atoms with Crippen LogP contribution in [0, 0.1) is 5.41 Å². The molecule has 0 bridgehead atoms. The van der Waals surface area contributed by atoms with Crippen LogP contribution in [0.5, 0.6) is 0 Å². The Hall–Kier alpha value is -0.940. The van der Waals surface area contributed by atoms with E-state index >= 15 is 0 Å². The molecule has 0 radical (unpaired) electrons. The van der Waals surface area contributed by atoms with Gasteiger partial charge < -0.3 is 27.1 Å². The Morgan fingerprint density at radius 1 is 0.655 bits per heavy atom. The number of hydrogen-bond donors (Lipinski definition) is 0. The first kappa shape index (κ1) is 21.3. The van der Waals surface area contributed by atoms with Gasteiger partial charge in [-0.25, -0.2) is 0 Å². The molecule has 2 atom stereocenters. The highest BCUT2D eigenvalue weighted by Gasteiger charge is 2.44. The van der Waals surface area contributed by atoms with Gasteiger partial charge in [0, 0.05) is 0 Å².